The van der Waals surface area contributed by atoms with Crippen molar-refractivity contribution in [1.29, 1.82) is 0 Å². The van der Waals surface area contributed by atoms with Gasteiger partial charge in [-0.25, -0.2) is 9.78 Å². The molecule has 0 aliphatic carbocycles. The maximum Gasteiger partial charge on any atom is 0.456 e. The Kier molecular flexibility index (Phi) is 4.67. The molecule has 1 aromatic heterocycles. The third-order valence-electron chi connectivity index (χ3n) is 2.91. The quantitative estimate of drug-likeness (QED) is 0.641. The molecule has 1 unspecified atom stereocenters. The van der Waals surface area contributed by atoms with Gasteiger partial charge in [0.15, 0.2) is 10.9 Å². The molecule has 2 rings (SSSR count). The molecule has 10 heteroatoms. The van der Waals surface area contributed by atoms with Crippen LogP contribution in [-0.2, 0) is 4.74 Å². The third kappa shape index (κ3) is 4.08. The summed E-state index contributed by atoms with van der Waals surface area (Å²) in [6.07, 6.45) is -5.86. The van der Waals surface area contributed by atoms with Gasteiger partial charge in [0, 0.05) is 5.56 Å². The van der Waals surface area contributed by atoms with Gasteiger partial charge < -0.3 is 14.8 Å². The van der Waals surface area contributed by atoms with Crippen LogP contribution in [0.3, 0.4) is 0 Å². The fraction of sp³-hybridized carbons (Fsp3) is 0.500. The smallest absolute Gasteiger partial charge is 0.456 e. The summed E-state index contributed by atoms with van der Waals surface area (Å²) in [4.78, 5) is 26.5. The van der Waals surface area contributed by atoms with Gasteiger partial charge in [-0.05, 0) is 26.8 Å². The molecule has 0 fully saturated rings. The lowest BCUT2D eigenvalue weighted by molar-refractivity contribution is -0.0888. The second-order valence-corrected chi connectivity index (χ2v) is 6.41. The molecule has 0 saturated heterocycles. The van der Waals surface area contributed by atoms with Crippen LogP contribution in [0.25, 0.3) is 0 Å². The van der Waals surface area contributed by atoms with Crippen molar-refractivity contribution in [3.8, 4) is 5.75 Å². The molecule has 1 atom stereocenters. The highest BCUT2D eigenvalue weighted by molar-refractivity contribution is 6.31. The van der Waals surface area contributed by atoms with Gasteiger partial charge in [-0.15, -0.1) is 0 Å². The number of halogens is 4. The number of ether oxygens (including phenoxy) is 2. The molecule has 0 saturated carbocycles. The second-order valence-electron chi connectivity index (χ2n) is 6.05. The third-order valence-corrected chi connectivity index (χ3v) is 3.17. The number of fused-ring (bicyclic) bond motifs is 1. The number of rotatable bonds is 2. The summed E-state index contributed by atoms with van der Waals surface area (Å²) in [7, 11) is 0. The van der Waals surface area contributed by atoms with Gasteiger partial charge in [-0.1, -0.05) is 11.6 Å². The Labute approximate surface area is 140 Å². The number of alkyl carbamates (subject to hydrolysis) is 1. The van der Waals surface area contributed by atoms with Crippen LogP contribution in [0.5, 0.6) is 5.75 Å². The van der Waals surface area contributed by atoms with Crippen molar-refractivity contribution in [2.75, 3.05) is 6.61 Å². The molecule has 1 amide bonds. The van der Waals surface area contributed by atoms with E-state index in [-0.39, 0.29) is 23.1 Å². The van der Waals surface area contributed by atoms with Crippen LogP contribution in [0.1, 0.15) is 42.9 Å². The van der Waals surface area contributed by atoms with Gasteiger partial charge >= 0.3 is 12.3 Å². The Hall–Kier alpha value is -2.03. The molecule has 0 spiro atoms. The first-order valence-corrected chi connectivity index (χ1v) is 7.20. The molecule has 132 valence electrons. The zero-order valence-corrected chi connectivity index (χ0v) is 13.7. The van der Waals surface area contributed by atoms with Gasteiger partial charge in [0.25, 0.3) is 5.78 Å². The van der Waals surface area contributed by atoms with Crippen molar-refractivity contribution < 1.29 is 32.2 Å². The monoisotopic (exact) mass is 366 g/mol. The van der Waals surface area contributed by atoms with Crippen LogP contribution >= 0.6 is 11.6 Å². The van der Waals surface area contributed by atoms with Gasteiger partial charge in [0.1, 0.15) is 17.9 Å². The second kappa shape index (κ2) is 6.12. The van der Waals surface area contributed by atoms with Gasteiger partial charge in [-0.2, -0.15) is 13.2 Å². The highest BCUT2D eigenvalue weighted by Crippen LogP contribution is 2.38. The molecule has 1 aliphatic heterocycles. The number of nitrogens with one attached hydrogen (secondary N) is 1. The first-order valence-electron chi connectivity index (χ1n) is 6.83. The van der Waals surface area contributed by atoms with E-state index < -0.39 is 35.4 Å². The predicted octanol–water partition coefficient (Wildman–Crippen LogP) is 3.44. The number of ketones is 1. The Morgan fingerprint density at radius 1 is 1.38 bits per heavy atom. The van der Waals surface area contributed by atoms with Crippen LogP contribution in [0, 0.1) is 0 Å². The first kappa shape index (κ1) is 18.3. The zero-order valence-electron chi connectivity index (χ0n) is 13.0. The number of Topliss-reactive ketones (excluding diaryl/α,β-unsaturated/α-hetero) is 1. The Morgan fingerprint density at radius 3 is 2.54 bits per heavy atom. The zero-order chi connectivity index (χ0) is 18.3. The van der Waals surface area contributed by atoms with Crippen molar-refractivity contribution in [3.63, 3.8) is 0 Å². The summed E-state index contributed by atoms with van der Waals surface area (Å²) < 4.78 is 48.0. The summed E-state index contributed by atoms with van der Waals surface area (Å²) in [5.74, 6) is -2.11. The van der Waals surface area contributed by atoms with Gasteiger partial charge in [0.2, 0.25) is 0 Å². The minimum absolute atomic E-state index is 0.0245. The minimum Gasteiger partial charge on any atom is -0.487 e. The van der Waals surface area contributed by atoms with Crippen LogP contribution < -0.4 is 10.1 Å². The molecule has 6 nitrogen and oxygen atoms in total. The van der Waals surface area contributed by atoms with E-state index in [4.69, 9.17) is 21.1 Å². The maximum absolute atomic E-state index is 12.6. The molecule has 0 aromatic carbocycles. The maximum atomic E-state index is 12.6. The number of nitrogens with zero attached hydrogens (tertiary/aromatic N) is 1. The summed E-state index contributed by atoms with van der Waals surface area (Å²) in [5.41, 5.74) is -1.49. The van der Waals surface area contributed by atoms with E-state index in [1.165, 1.54) is 0 Å². The number of amides is 1. The normalized spacial score (nSPS) is 17.0. The number of carbonyl (C=O) groups is 2. The lowest BCUT2D eigenvalue weighted by atomic mass is 10.1. The van der Waals surface area contributed by atoms with Crippen molar-refractivity contribution in [2.45, 2.75) is 38.6 Å². The summed E-state index contributed by atoms with van der Waals surface area (Å²) in [6.45, 7) is 4.91. The Balaban J connectivity index is 2.28. The first-order chi connectivity index (χ1) is 10.9. The van der Waals surface area contributed by atoms with E-state index in [9.17, 15) is 22.8 Å². The van der Waals surface area contributed by atoms with Crippen molar-refractivity contribution >= 4 is 23.5 Å². The number of aromatic nitrogens is 1. The fourth-order valence-corrected chi connectivity index (χ4v) is 2.26. The van der Waals surface area contributed by atoms with E-state index in [1.807, 2.05) is 0 Å². The van der Waals surface area contributed by atoms with Crippen molar-refractivity contribution in [2.24, 2.45) is 0 Å². The van der Waals surface area contributed by atoms with Crippen LogP contribution in [0.15, 0.2) is 6.07 Å². The summed E-state index contributed by atoms with van der Waals surface area (Å²) >= 11 is 5.78. The van der Waals surface area contributed by atoms with Gasteiger partial charge in [0.05, 0.1) is 6.04 Å². The molecule has 1 N–H and O–H groups in total. The molecule has 2 heterocycles. The summed E-state index contributed by atoms with van der Waals surface area (Å²) in [6, 6.07) is 0.0987. The highest BCUT2D eigenvalue weighted by Gasteiger charge is 2.42. The Morgan fingerprint density at radius 2 is 2.00 bits per heavy atom. The minimum atomic E-state index is -5.09. The summed E-state index contributed by atoms with van der Waals surface area (Å²) in [5, 5.41) is 2.08. The predicted molar refractivity (Wildman–Crippen MR) is 77.2 cm³/mol. The van der Waals surface area contributed by atoms with E-state index in [2.05, 4.69) is 10.3 Å². The topological polar surface area (TPSA) is 77.5 Å². The van der Waals surface area contributed by atoms with Gasteiger partial charge in [-0.3, -0.25) is 4.79 Å². The number of alkyl halides is 3. The number of carbonyl (C=O) groups excluding carboxylic acids is 2. The molecule has 24 heavy (non-hydrogen) atoms. The van der Waals surface area contributed by atoms with Crippen molar-refractivity contribution in [3.05, 3.63) is 22.5 Å². The van der Waals surface area contributed by atoms with Crippen LogP contribution in [0.4, 0.5) is 18.0 Å². The number of hydrogen-bond acceptors (Lipinski definition) is 5. The molecule has 0 bridgehead atoms. The molecular weight excluding hydrogens is 353 g/mol. The molecular formula is C14H14ClF3N2O4. The molecule has 1 aromatic rings. The molecule has 1 aliphatic rings. The fourth-order valence-electron chi connectivity index (χ4n) is 2.01. The number of hydrogen-bond donors (Lipinski definition) is 1. The lowest BCUT2D eigenvalue weighted by Crippen LogP contribution is -2.35. The van der Waals surface area contributed by atoms with Crippen LogP contribution in [-0.4, -0.2) is 35.2 Å². The average Bonchev–Trinajstić information content (AvgIpc) is 2.78. The standard InChI is InChI=1S/C14H14ClF3N2O4/c1-13(2,3)24-12(22)20-8-5-23-9-6(8)4-7(19-11(9)15)10(21)14(16,17)18/h4,8H,5H2,1-3H3,(H,20,22). The average molecular weight is 367 g/mol. The van der Waals surface area contributed by atoms with E-state index in [1.54, 1.807) is 20.8 Å². The Bertz CT molecular complexity index is 686. The van der Waals surface area contributed by atoms with Crippen molar-refractivity contribution in [1.82, 2.24) is 10.3 Å². The largest absolute Gasteiger partial charge is 0.487 e. The van der Waals surface area contributed by atoms with E-state index >= 15 is 0 Å². The lowest BCUT2D eigenvalue weighted by Gasteiger charge is -2.21. The SMILES string of the molecule is CC(C)(C)OC(=O)NC1COc2c1cc(C(=O)C(F)(F)F)nc2Cl. The number of pyridine rings is 1. The van der Waals surface area contributed by atoms with Crippen LogP contribution in [0.2, 0.25) is 5.15 Å². The molecule has 0 radical (unpaired) electrons. The highest BCUT2D eigenvalue weighted by atomic mass is 35.5. The van der Waals surface area contributed by atoms with E-state index in [0.717, 1.165) is 6.07 Å². The van der Waals surface area contributed by atoms with E-state index in [0.29, 0.717) is 0 Å².